The zero-order valence-corrected chi connectivity index (χ0v) is 31.2. The first-order valence-electron chi connectivity index (χ1n) is 17.1. The van der Waals surface area contributed by atoms with Crippen molar-refractivity contribution in [3.63, 3.8) is 0 Å². The Morgan fingerprint density at radius 1 is 0.957 bits per heavy atom. The normalized spacial score (nSPS) is 23.8. The number of thioether (sulfide) groups is 1. The molecule has 0 N–H and O–H groups in total. The van der Waals surface area contributed by atoms with Crippen molar-refractivity contribution in [2.45, 2.75) is 82.2 Å². The lowest BCUT2D eigenvalue weighted by Gasteiger charge is -2.39. The lowest BCUT2D eigenvalue weighted by Crippen LogP contribution is -2.43. The van der Waals surface area contributed by atoms with Gasteiger partial charge in [0.25, 0.3) is 0 Å². The van der Waals surface area contributed by atoms with Gasteiger partial charge in [0, 0.05) is 25.4 Å². The van der Waals surface area contributed by atoms with E-state index in [1.807, 2.05) is 11.3 Å². The molecule has 0 saturated carbocycles. The Kier molecular flexibility index (Phi) is 7.73. The summed E-state index contributed by atoms with van der Waals surface area (Å²) in [4.78, 5) is 3.06. The van der Waals surface area contributed by atoms with Crippen molar-refractivity contribution in [1.29, 1.82) is 0 Å². The monoisotopic (exact) mass is 670 g/mol. The molecule has 4 atom stereocenters. The predicted molar refractivity (Wildman–Crippen MR) is 212 cm³/mol. The molecule has 3 aromatic carbocycles. The van der Waals surface area contributed by atoms with Crippen molar-refractivity contribution < 1.29 is 4.65 Å². The van der Waals surface area contributed by atoms with E-state index >= 15 is 0 Å². The molecular formula is C42H44BOPS2. The number of thiophene rings is 1. The van der Waals surface area contributed by atoms with E-state index in [4.69, 9.17) is 4.65 Å². The van der Waals surface area contributed by atoms with Gasteiger partial charge in [0.1, 0.15) is 0 Å². The Morgan fingerprint density at radius 2 is 1.72 bits per heavy atom. The average molecular weight is 671 g/mol. The number of allylic oxidation sites excluding steroid dienone is 5. The summed E-state index contributed by atoms with van der Waals surface area (Å²) in [5.41, 5.74) is 12.4. The molecule has 4 unspecified atom stereocenters. The van der Waals surface area contributed by atoms with E-state index in [1.54, 1.807) is 4.91 Å². The van der Waals surface area contributed by atoms with Gasteiger partial charge in [0.15, 0.2) is 0 Å². The second-order valence-electron chi connectivity index (χ2n) is 15.4. The molecule has 0 spiro atoms. The van der Waals surface area contributed by atoms with Crippen LogP contribution in [0.3, 0.4) is 0 Å². The van der Waals surface area contributed by atoms with Gasteiger partial charge in [-0.3, -0.25) is 0 Å². The highest BCUT2D eigenvalue weighted by Crippen LogP contribution is 2.58. The average Bonchev–Trinajstić information content (AvgIpc) is 3.58. The molecule has 8 rings (SSSR count). The highest BCUT2D eigenvalue weighted by molar-refractivity contribution is 8.04. The lowest BCUT2D eigenvalue weighted by atomic mass is 9.70. The maximum absolute atomic E-state index is 6.70. The molecule has 4 aliphatic rings. The zero-order chi connectivity index (χ0) is 32.7. The Bertz CT molecular complexity index is 2040. The third kappa shape index (κ3) is 5.49. The maximum Gasteiger partial charge on any atom is 0.309 e. The highest BCUT2D eigenvalue weighted by atomic mass is 32.2. The standard InChI is InChI=1S/C42H44BOPS2/c1-25-18-33(43-44-40(2,3)41(4,5)45)39-31-22-29(16-17-34(31)46-36(39)19-25)42(6)23-32(26-12-8-7-9-13-26)38-30-20-27-14-10-11-15-28(27)21-35(30)47-37(38)24-42/h7-18,20,22-23,25,35,43H,19,21,24,45H2,1-6H3. The molecule has 0 fully saturated rings. The van der Waals surface area contributed by atoms with E-state index in [0.717, 1.165) is 19.3 Å². The molecule has 0 amide bonds. The smallest absolute Gasteiger partial charge is 0.309 e. The molecule has 4 aromatic rings. The van der Waals surface area contributed by atoms with Crippen LogP contribution in [0.15, 0.2) is 101 Å². The maximum atomic E-state index is 6.70. The molecule has 0 radical (unpaired) electrons. The number of hydrogen-bond acceptors (Lipinski definition) is 3. The van der Waals surface area contributed by atoms with Crippen LogP contribution in [0, 0.1) is 5.92 Å². The number of fused-ring (bicyclic) bond motifs is 6. The van der Waals surface area contributed by atoms with Crippen molar-refractivity contribution in [3.8, 4) is 0 Å². The highest BCUT2D eigenvalue weighted by Gasteiger charge is 2.42. The fourth-order valence-electron chi connectivity index (χ4n) is 7.74. The molecule has 238 valence electrons. The minimum atomic E-state index is -0.261. The first-order valence-corrected chi connectivity index (χ1v) is 19.4. The Balaban J connectivity index is 1.21. The van der Waals surface area contributed by atoms with Crippen LogP contribution in [0.5, 0.6) is 0 Å². The van der Waals surface area contributed by atoms with Crippen LogP contribution in [-0.4, -0.2) is 23.5 Å². The van der Waals surface area contributed by atoms with Gasteiger partial charge in [-0.1, -0.05) is 101 Å². The third-order valence-electron chi connectivity index (χ3n) is 11.2. The number of hydrogen-bond donors (Lipinski definition) is 0. The molecule has 1 nitrogen and oxygen atoms in total. The van der Waals surface area contributed by atoms with Gasteiger partial charge in [-0.2, -0.15) is 0 Å². The van der Waals surface area contributed by atoms with E-state index in [0.29, 0.717) is 18.7 Å². The summed E-state index contributed by atoms with van der Waals surface area (Å²) in [6.07, 6.45) is 10.8. The van der Waals surface area contributed by atoms with Crippen molar-refractivity contribution >= 4 is 67.0 Å². The quantitative estimate of drug-likeness (QED) is 0.149. The van der Waals surface area contributed by atoms with E-state index in [9.17, 15) is 0 Å². The van der Waals surface area contributed by atoms with Gasteiger partial charge < -0.3 is 4.65 Å². The summed E-state index contributed by atoms with van der Waals surface area (Å²) in [6, 6.07) is 27.4. The van der Waals surface area contributed by atoms with Gasteiger partial charge >= 0.3 is 7.48 Å². The van der Waals surface area contributed by atoms with Crippen LogP contribution in [0.25, 0.3) is 27.2 Å². The largest absolute Gasteiger partial charge is 0.429 e. The van der Waals surface area contributed by atoms with Gasteiger partial charge in [0.05, 0.1) is 5.60 Å². The SMILES string of the molecule is CC1C=C(BOC(C)(C)C(C)(C)P)c2c(sc3ccc(C4(C)C=C(c5ccccc5)C5=C(C4)SC4Cc6ccccc6C=C54)cc23)C1. The molecule has 3 aliphatic carbocycles. The molecule has 47 heavy (non-hydrogen) atoms. The summed E-state index contributed by atoms with van der Waals surface area (Å²) in [6.45, 7) is 13.7. The van der Waals surface area contributed by atoms with Crippen LogP contribution >= 0.6 is 32.3 Å². The first-order chi connectivity index (χ1) is 22.4. The van der Waals surface area contributed by atoms with Gasteiger partial charge in [-0.15, -0.1) is 32.3 Å². The van der Waals surface area contributed by atoms with Crippen molar-refractivity contribution in [3.05, 3.63) is 134 Å². The predicted octanol–water partition coefficient (Wildman–Crippen LogP) is 11.0. The van der Waals surface area contributed by atoms with Crippen molar-refractivity contribution in [2.75, 3.05) is 0 Å². The lowest BCUT2D eigenvalue weighted by molar-refractivity contribution is 0.0843. The minimum absolute atomic E-state index is 0.0267. The minimum Gasteiger partial charge on any atom is -0.429 e. The van der Waals surface area contributed by atoms with E-state index < -0.39 is 0 Å². The number of rotatable bonds is 6. The van der Waals surface area contributed by atoms with Crippen LogP contribution in [0.2, 0.25) is 0 Å². The topological polar surface area (TPSA) is 9.23 Å². The number of benzene rings is 3. The van der Waals surface area contributed by atoms with E-state index in [-0.39, 0.29) is 16.2 Å². The third-order valence-corrected chi connectivity index (χ3v) is 14.4. The van der Waals surface area contributed by atoms with Crippen molar-refractivity contribution in [1.82, 2.24) is 0 Å². The zero-order valence-electron chi connectivity index (χ0n) is 28.4. The van der Waals surface area contributed by atoms with Gasteiger partial charge in [0.2, 0.25) is 0 Å². The molecule has 0 bridgehead atoms. The van der Waals surface area contributed by atoms with Gasteiger partial charge in [-0.05, 0) is 118 Å². The Hall–Kier alpha value is -2.62. The van der Waals surface area contributed by atoms with Crippen molar-refractivity contribution in [2.24, 2.45) is 5.92 Å². The fraction of sp³-hybridized carbons (Fsp3) is 0.333. The van der Waals surface area contributed by atoms with E-state index in [1.165, 1.54) is 65.0 Å². The van der Waals surface area contributed by atoms with Crippen LogP contribution < -0.4 is 0 Å². The first kappa shape index (κ1) is 31.6. The summed E-state index contributed by atoms with van der Waals surface area (Å²) >= 11 is 4.11. The fourth-order valence-corrected chi connectivity index (χ4v) is 10.8. The van der Waals surface area contributed by atoms with Crippen LogP contribution in [-0.2, 0) is 22.9 Å². The Morgan fingerprint density at radius 3 is 2.51 bits per heavy atom. The second kappa shape index (κ2) is 11.5. The Labute approximate surface area is 292 Å². The molecule has 1 aromatic heterocycles. The summed E-state index contributed by atoms with van der Waals surface area (Å²) < 4.78 is 8.08. The van der Waals surface area contributed by atoms with E-state index in [2.05, 4.69) is 154 Å². The summed E-state index contributed by atoms with van der Waals surface area (Å²) in [7, 11) is 3.62. The van der Waals surface area contributed by atoms with Crippen LogP contribution in [0.4, 0.5) is 0 Å². The second-order valence-corrected chi connectivity index (χ2v) is 19.3. The molecule has 5 heteroatoms. The molecule has 1 aliphatic heterocycles. The molecular weight excluding hydrogens is 626 g/mol. The molecule has 0 saturated heterocycles. The molecule has 2 heterocycles. The summed E-state index contributed by atoms with van der Waals surface area (Å²) in [5, 5.41) is 1.86. The van der Waals surface area contributed by atoms with Gasteiger partial charge in [-0.25, -0.2) is 0 Å². The summed E-state index contributed by atoms with van der Waals surface area (Å²) in [5.74, 6) is 0.515. The van der Waals surface area contributed by atoms with Crippen LogP contribution in [0.1, 0.15) is 80.7 Å².